The quantitative estimate of drug-likeness (QED) is 0.882. The molecule has 2 aromatic rings. The molecule has 2 rings (SSSR count). The lowest BCUT2D eigenvalue weighted by atomic mass is 10.2. The van der Waals surface area contributed by atoms with E-state index in [1.807, 2.05) is 33.2 Å². The fraction of sp³-hybridized carbons (Fsp3) is 0.538. The molecular formula is C13H20N4O. The van der Waals surface area contributed by atoms with Crippen LogP contribution in [0.5, 0.6) is 0 Å². The van der Waals surface area contributed by atoms with Gasteiger partial charge in [-0.2, -0.15) is 4.98 Å². The van der Waals surface area contributed by atoms with Gasteiger partial charge in [-0.3, -0.25) is 0 Å². The molecule has 1 unspecified atom stereocenters. The minimum Gasteiger partial charge on any atom is -0.342 e. The van der Waals surface area contributed by atoms with Crippen molar-refractivity contribution in [3.05, 3.63) is 35.7 Å². The second-order valence-corrected chi connectivity index (χ2v) is 4.77. The number of nitrogens with one attached hydrogen (secondary N) is 1. The zero-order valence-corrected chi connectivity index (χ0v) is 11.3. The van der Waals surface area contributed by atoms with Crippen molar-refractivity contribution in [3.63, 3.8) is 0 Å². The van der Waals surface area contributed by atoms with Crippen LogP contribution in [0.15, 0.2) is 22.9 Å². The summed E-state index contributed by atoms with van der Waals surface area (Å²) in [5.41, 5.74) is 1.22. The lowest BCUT2D eigenvalue weighted by Gasteiger charge is -2.13. The van der Waals surface area contributed by atoms with Crippen molar-refractivity contribution in [3.8, 4) is 0 Å². The third kappa shape index (κ3) is 2.61. The molecule has 2 aromatic heterocycles. The molecule has 0 bridgehead atoms. The molecule has 0 fully saturated rings. The minimum atomic E-state index is 0.270. The first-order valence-electron chi connectivity index (χ1n) is 6.26. The van der Waals surface area contributed by atoms with Crippen LogP contribution < -0.4 is 5.32 Å². The molecule has 0 saturated carbocycles. The monoisotopic (exact) mass is 248 g/mol. The molecule has 0 aliphatic heterocycles. The molecule has 2 heterocycles. The van der Waals surface area contributed by atoms with E-state index in [1.165, 1.54) is 5.69 Å². The largest absolute Gasteiger partial charge is 0.342 e. The Labute approximate surface area is 107 Å². The maximum Gasteiger partial charge on any atom is 0.229 e. The summed E-state index contributed by atoms with van der Waals surface area (Å²) in [5.74, 6) is 1.69. The summed E-state index contributed by atoms with van der Waals surface area (Å²) < 4.78 is 7.35. The summed E-state index contributed by atoms with van der Waals surface area (Å²) in [6.07, 6.45) is 2.04. The van der Waals surface area contributed by atoms with Crippen molar-refractivity contribution in [2.45, 2.75) is 39.3 Å². The standard InChI is InChI=1S/C13H20N4O/c1-9(2)13-15-12(16-18-13)8-17-7-5-6-11(17)10(3)14-4/h5-7,9-10,14H,8H2,1-4H3. The molecule has 0 aliphatic carbocycles. The van der Waals surface area contributed by atoms with Crippen molar-refractivity contribution in [1.29, 1.82) is 0 Å². The van der Waals surface area contributed by atoms with Crippen LogP contribution in [0.25, 0.3) is 0 Å². The van der Waals surface area contributed by atoms with Crippen molar-refractivity contribution < 1.29 is 4.52 Å². The van der Waals surface area contributed by atoms with E-state index >= 15 is 0 Å². The van der Waals surface area contributed by atoms with Crippen molar-refractivity contribution in [2.24, 2.45) is 0 Å². The summed E-state index contributed by atoms with van der Waals surface area (Å²) in [6, 6.07) is 4.44. The van der Waals surface area contributed by atoms with Crippen molar-refractivity contribution >= 4 is 0 Å². The predicted molar refractivity (Wildman–Crippen MR) is 69.4 cm³/mol. The van der Waals surface area contributed by atoms with E-state index in [2.05, 4.69) is 33.0 Å². The number of hydrogen-bond acceptors (Lipinski definition) is 4. The summed E-state index contributed by atoms with van der Waals surface area (Å²) >= 11 is 0. The highest BCUT2D eigenvalue weighted by atomic mass is 16.5. The average molecular weight is 248 g/mol. The van der Waals surface area contributed by atoms with E-state index in [0.717, 1.165) is 5.82 Å². The molecule has 0 amide bonds. The Kier molecular flexibility index (Phi) is 3.81. The van der Waals surface area contributed by atoms with Crippen molar-refractivity contribution in [2.75, 3.05) is 7.05 Å². The fourth-order valence-corrected chi connectivity index (χ4v) is 1.83. The molecule has 18 heavy (non-hydrogen) atoms. The Bertz CT molecular complexity index is 501. The van der Waals surface area contributed by atoms with Gasteiger partial charge in [-0.05, 0) is 26.1 Å². The molecular weight excluding hydrogens is 228 g/mol. The smallest absolute Gasteiger partial charge is 0.229 e. The van der Waals surface area contributed by atoms with E-state index in [1.54, 1.807) is 0 Å². The van der Waals surface area contributed by atoms with Gasteiger partial charge in [0.2, 0.25) is 5.89 Å². The van der Waals surface area contributed by atoms with Gasteiger partial charge in [0, 0.05) is 23.9 Å². The van der Waals surface area contributed by atoms with Crippen LogP contribution in [-0.2, 0) is 6.54 Å². The average Bonchev–Trinajstić information content (AvgIpc) is 2.97. The highest BCUT2D eigenvalue weighted by Gasteiger charge is 2.13. The first-order valence-corrected chi connectivity index (χ1v) is 6.26. The van der Waals surface area contributed by atoms with Crippen molar-refractivity contribution in [1.82, 2.24) is 20.0 Å². The number of nitrogens with zero attached hydrogens (tertiary/aromatic N) is 3. The summed E-state index contributed by atoms with van der Waals surface area (Å²) in [7, 11) is 1.95. The van der Waals surface area contributed by atoms with E-state index in [9.17, 15) is 0 Å². The molecule has 1 N–H and O–H groups in total. The van der Waals surface area contributed by atoms with Gasteiger partial charge in [0.1, 0.15) is 0 Å². The van der Waals surface area contributed by atoms with Gasteiger partial charge in [-0.15, -0.1) is 0 Å². The zero-order valence-electron chi connectivity index (χ0n) is 11.3. The van der Waals surface area contributed by atoms with Gasteiger partial charge in [-0.25, -0.2) is 0 Å². The van der Waals surface area contributed by atoms with E-state index in [4.69, 9.17) is 4.52 Å². The Morgan fingerprint density at radius 1 is 1.39 bits per heavy atom. The normalized spacial score (nSPS) is 13.2. The third-order valence-corrected chi connectivity index (χ3v) is 3.03. The van der Waals surface area contributed by atoms with Crippen LogP contribution in [0.1, 0.15) is 50.1 Å². The molecule has 0 spiro atoms. The molecule has 0 aliphatic rings. The molecule has 0 radical (unpaired) electrons. The SMILES string of the molecule is CNC(C)c1cccn1Cc1noc(C(C)C)n1. The van der Waals surface area contributed by atoms with Crippen LogP contribution in [0.2, 0.25) is 0 Å². The van der Waals surface area contributed by atoms with Crippen LogP contribution in [0, 0.1) is 0 Å². The van der Waals surface area contributed by atoms with Gasteiger partial charge in [0.05, 0.1) is 6.54 Å². The lowest BCUT2D eigenvalue weighted by Crippen LogP contribution is -2.17. The van der Waals surface area contributed by atoms with Gasteiger partial charge < -0.3 is 14.4 Å². The molecule has 0 saturated heterocycles. The predicted octanol–water partition coefficient (Wildman–Crippen LogP) is 2.32. The molecule has 1 atom stereocenters. The second kappa shape index (κ2) is 5.35. The third-order valence-electron chi connectivity index (χ3n) is 3.03. The minimum absolute atomic E-state index is 0.270. The number of rotatable bonds is 5. The molecule has 5 nitrogen and oxygen atoms in total. The van der Waals surface area contributed by atoms with Gasteiger partial charge in [0.15, 0.2) is 5.82 Å². The van der Waals surface area contributed by atoms with Gasteiger partial charge in [0.25, 0.3) is 0 Å². The van der Waals surface area contributed by atoms with E-state index < -0.39 is 0 Å². The van der Waals surface area contributed by atoms with E-state index in [0.29, 0.717) is 18.5 Å². The first kappa shape index (κ1) is 12.8. The fourth-order valence-electron chi connectivity index (χ4n) is 1.83. The number of hydrogen-bond donors (Lipinski definition) is 1. The summed E-state index contributed by atoms with van der Waals surface area (Å²) in [5, 5.41) is 7.24. The topological polar surface area (TPSA) is 55.9 Å². The van der Waals surface area contributed by atoms with Gasteiger partial charge in [-0.1, -0.05) is 19.0 Å². The van der Waals surface area contributed by atoms with Crippen LogP contribution in [0.3, 0.4) is 0 Å². The molecule has 5 heteroatoms. The highest BCUT2D eigenvalue weighted by Crippen LogP contribution is 2.15. The Balaban J connectivity index is 2.15. The van der Waals surface area contributed by atoms with Crippen LogP contribution in [-0.4, -0.2) is 21.8 Å². The molecule has 0 aromatic carbocycles. The Hall–Kier alpha value is -1.62. The summed E-state index contributed by atoms with van der Waals surface area (Å²) in [6.45, 7) is 6.86. The Morgan fingerprint density at radius 3 is 2.78 bits per heavy atom. The summed E-state index contributed by atoms with van der Waals surface area (Å²) in [4.78, 5) is 4.39. The van der Waals surface area contributed by atoms with Gasteiger partial charge >= 0.3 is 0 Å². The zero-order chi connectivity index (χ0) is 13.1. The maximum atomic E-state index is 5.21. The number of aromatic nitrogens is 3. The highest BCUT2D eigenvalue weighted by molar-refractivity contribution is 5.12. The Morgan fingerprint density at radius 2 is 2.17 bits per heavy atom. The maximum absolute atomic E-state index is 5.21. The molecule has 98 valence electrons. The van der Waals surface area contributed by atoms with Crippen LogP contribution in [0.4, 0.5) is 0 Å². The second-order valence-electron chi connectivity index (χ2n) is 4.77. The lowest BCUT2D eigenvalue weighted by molar-refractivity contribution is 0.359. The van der Waals surface area contributed by atoms with Crippen LogP contribution >= 0.6 is 0 Å². The first-order chi connectivity index (χ1) is 8.61. The van der Waals surface area contributed by atoms with E-state index in [-0.39, 0.29) is 5.92 Å².